The number of rotatable bonds is 6. The zero-order valence-electron chi connectivity index (χ0n) is 15.9. The number of nitrogens with one attached hydrogen (secondary N) is 1. The van der Waals surface area contributed by atoms with E-state index in [-0.39, 0.29) is 39.9 Å². The maximum Gasteiger partial charge on any atom is 0.194 e. The lowest BCUT2D eigenvalue weighted by Crippen LogP contribution is -2.51. The molecular formula is C16H34IN3O2S2. The maximum absolute atomic E-state index is 11.4. The molecule has 0 aromatic heterocycles. The fourth-order valence-corrected chi connectivity index (χ4v) is 4.49. The topological polar surface area (TPSA) is 61.8 Å². The molecule has 0 radical (unpaired) electrons. The van der Waals surface area contributed by atoms with E-state index >= 15 is 0 Å². The van der Waals surface area contributed by atoms with Crippen LogP contribution < -0.4 is 5.32 Å². The monoisotopic (exact) mass is 491 g/mol. The van der Waals surface area contributed by atoms with Gasteiger partial charge in [-0.15, -0.1) is 24.0 Å². The quantitative estimate of drug-likeness (QED) is 0.352. The van der Waals surface area contributed by atoms with Crippen LogP contribution in [0.2, 0.25) is 0 Å². The number of halogens is 1. The molecule has 5 nitrogen and oxygen atoms in total. The summed E-state index contributed by atoms with van der Waals surface area (Å²) in [5, 5.41) is 3.38. The normalized spacial score (nSPS) is 18.9. The average Bonchev–Trinajstić information content (AvgIpc) is 2.39. The summed E-state index contributed by atoms with van der Waals surface area (Å²) in [5.74, 6) is 2.28. The van der Waals surface area contributed by atoms with E-state index in [1.54, 1.807) is 0 Å². The molecule has 0 aromatic carbocycles. The van der Waals surface area contributed by atoms with Gasteiger partial charge in [0, 0.05) is 42.9 Å². The lowest BCUT2D eigenvalue weighted by Gasteiger charge is -2.39. The Bertz CT molecular complexity index is 519. The van der Waals surface area contributed by atoms with Crippen LogP contribution in [0, 0.1) is 5.41 Å². The number of thioether (sulfide) groups is 1. The van der Waals surface area contributed by atoms with Crippen LogP contribution in [-0.4, -0.2) is 68.0 Å². The van der Waals surface area contributed by atoms with Gasteiger partial charge in [-0.05, 0) is 32.6 Å². The second-order valence-corrected chi connectivity index (χ2v) is 11.8. The molecule has 0 saturated carbocycles. The molecule has 0 aliphatic carbocycles. The molecule has 8 heteroatoms. The summed E-state index contributed by atoms with van der Waals surface area (Å²) in [4.78, 5) is 7.13. The van der Waals surface area contributed by atoms with Gasteiger partial charge < -0.3 is 10.2 Å². The Kier molecular flexibility index (Phi) is 9.97. The molecule has 0 unspecified atom stereocenters. The maximum atomic E-state index is 11.4. The molecule has 1 aliphatic heterocycles. The van der Waals surface area contributed by atoms with Crippen molar-refractivity contribution in [3.05, 3.63) is 0 Å². The first-order valence-electron chi connectivity index (χ1n) is 8.29. The van der Waals surface area contributed by atoms with Gasteiger partial charge in [0.25, 0.3) is 0 Å². The van der Waals surface area contributed by atoms with Crippen LogP contribution in [0.5, 0.6) is 0 Å². The predicted molar refractivity (Wildman–Crippen MR) is 118 cm³/mol. The Morgan fingerprint density at radius 3 is 2.50 bits per heavy atom. The van der Waals surface area contributed by atoms with E-state index in [1.165, 1.54) is 6.26 Å². The highest BCUT2D eigenvalue weighted by atomic mass is 127. The first kappa shape index (κ1) is 24.3. The van der Waals surface area contributed by atoms with Gasteiger partial charge in [-0.1, -0.05) is 13.8 Å². The summed E-state index contributed by atoms with van der Waals surface area (Å²) in [6.07, 6.45) is 1.93. The van der Waals surface area contributed by atoms with E-state index in [9.17, 15) is 8.42 Å². The summed E-state index contributed by atoms with van der Waals surface area (Å²) in [7, 11) is -2.92. The number of nitrogens with zero attached hydrogens (tertiary/aromatic N) is 2. The SMILES string of the molecule is CCNC(=NCC(C)(C)CCS(C)(=O)=O)N1CCSC(C)(C)C1.I. The fraction of sp³-hybridized carbons (Fsp3) is 0.938. The van der Waals surface area contributed by atoms with Crippen molar-refractivity contribution in [1.29, 1.82) is 0 Å². The van der Waals surface area contributed by atoms with Crippen molar-refractivity contribution >= 4 is 51.5 Å². The third-order valence-corrected chi connectivity index (χ3v) is 6.11. The molecule has 1 fully saturated rings. The molecule has 0 bridgehead atoms. The van der Waals surface area contributed by atoms with Gasteiger partial charge in [0.2, 0.25) is 0 Å². The zero-order chi connectivity index (χ0) is 17.7. The van der Waals surface area contributed by atoms with Crippen molar-refractivity contribution < 1.29 is 8.42 Å². The third-order valence-electron chi connectivity index (χ3n) is 3.87. The van der Waals surface area contributed by atoms with E-state index in [0.29, 0.717) is 13.0 Å². The van der Waals surface area contributed by atoms with Crippen molar-refractivity contribution in [3.63, 3.8) is 0 Å². The number of aliphatic imine (C=N–C) groups is 1. The Morgan fingerprint density at radius 2 is 2.00 bits per heavy atom. The standard InChI is InChI=1S/C16H33N3O2S2.HI/c1-7-17-14(19-9-10-22-16(4,5)13-19)18-12-15(2,3)8-11-23(6,20)21;/h7-13H2,1-6H3,(H,17,18);1H. The van der Waals surface area contributed by atoms with Crippen LogP contribution in [-0.2, 0) is 9.84 Å². The molecule has 1 rings (SSSR count). The highest BCUT2D eigenvalue weighted by Gasteiger charge is 2.29. The smallest absolute Gasteiger partial charge is 0.194 e. The van der Waals surface area contributed by atoms with Crippen LogP contribution in [0.4, 0.5) is 0 Å². The molecule has 24 heavy (non-hydrogen) atoms. The van der Waals surface area contributed by atoms with E-state index in [4.69, 9.17) is 4.99 Å². The summed E-state index contributed by atoms with van der Waals surface area (Å²) < 4.78 is 23.0. The van der Waals surface area contributed by atoms with Gasteiger partial charge >= 0.3 is 0 Å². The fourth-order valence-electron chi connectivity index (χ4n) is 2.45. The molecule has 1 N–H and O–H groups in total. The van der Waals surface area contributed by atoms with Gasteiger partial charge in [-0.3, -0.25) is 4.99 Å². The molecular weight excluding hydrogens is 457 g/mol. The summed E-state index contributed by atoms with van der Waals surface area (Å²) in [5.41, 5.74) is -0.121. The Morgan fingerprint density at radius 1 is 1.38 bits per heavy atom. The van der Waals surface area contributed by atoms with Crippen molar-refractivity contribution in [2.75, 3.05) is 43.9 Å². The first-order valence-corrected chi connectivity index (χ1v) is 11.3. The Labute approximate surface area is 169 Å². The molecule has 0 spiro atoms. The van der Waals surface area contributed by atoms with Crippen molar-refractivity contribution in [2.45, 2.75) is 45.8 Å². The second kappa shape index (κ2) is 9.85. The van der Waals surface area contributed by atoms with E-state index in [1.807, 2.05) is 11.8 Å². The van der Waals surface area contributed by atoms with Gasteiger partial charge in [0.05, 0.1) is 5.75 Å². The molecule has 1 heterocycles. The number of hydrogen-bond donors (Lipinski definition) is 1. The number of sulfone groups is 1. The van der Waals surface area contributed by atoms with Crippen LogP contribution in [0.1, 0.15) is 41.0 Å². The Balaban J connectivity index is 0.00000529. The van der Waals surface area contributed by atoms with Crippen molar-refractivity contribution in [1.82, 2.24) is 10.2 Å². The van der Waals surface area contributed by atoms with Gasteiger partial charge in [-0.2, -0.15) is 11.8 Å². The van der Waals surface area contributed by atoms with E-state index in [0.717, 1.165) is 31.3 Å². The molecule has 1 aliphatic rings. The molecule has 0 amide bonds. The third kappa shape index (κ3) is 9.70. The summed E-state index contributed by atoms with van der Waals surface area (Å²) >= 11 is 2.00. The van der Waals surface area contributed by atoms with Crippen molar-refractivity contribution in [2.24, 2.45) is 10.4 Å². The summed E-state index contributed by atoms with van der Waals surface area (Å²) in [6.45, 7) is 14.2. The zero-order valence-corrected chi connectivity index (χ0v) is 19.8. The van der Waals surface area contributed by atoms with Crippen molar-refractivity contribution in [3.8, 4) is 0 Å². The lowest BCUT2D eigenvalue weighted by atomic mass is 9.90. The first-order chi connectivity index (χ1) is 10.4. The minimum absolute atomic E-state index is 0. The minimum Gasteiger partial charge on any atom is -0.357 e. The van der Waals surface area contributed by atoms with Crippen LogP contribution in [0.3, 0.4) is 0 Å². The second-order valence-electron chi connectivity index (χ2n) is 7.74. The molecule has 0 aromatic rings. The van der Waals surface area contributed by atoms with Crippen LogP contribution in [0.15, 0.2) is 4.99 Å². The number of hydrogen-bond acceptors (Lipinski definition) is 4. The molecule has 144 valence electrons. The van der Waals surface area contributed by atoms with E-state index in [2.05, 4.69) is 44.8 Å². The average molecular weight is 492 g/mol. The van der Waals surface area contributed by atoms with E-state index < -0.39 is 9.84 Å². The lowest BCUT2D eigenvalue weighted by molar-refractivity contribution is 0.349. The highest BCUT2D eigenvalue weighted by Crippen LogP contribution is 2.29. The van der Waals surface area contributed by atoms with Gasteiger partial charge in [0.15, 0.2) is 5.96 Å². The predicted octanol–water partition coefficient (Wildman–Crippen LogP) is 2.86. The summed E-state index contributed by atoms with van der Waals surface area (Å²) in [6, 6.07) is 0. The molecule has 1 saturated heterocycles. The Hall–Kier alpha value is 0.300. The minimum atomic E-state index is -2.92. The van der Waals surface area contributed by atoms with Gasteiger partial charge in [-0.25, -0.2) is 8.42 Å². The van der Waals surface area contributed by atoms with Crippen LogP contribution >= 0.6 is 35.7 Å². The van der Waals surface area contributed by atoms with Gasteiger partial charge in [0.1, 0.15) is 9.84 Å². The van der Waals surface area contributed by atoms with Crippen LogP contribution in [0.25, 0.3) is 0 Å². The molecule has 0 atom stereocenters. The largest absolute Gasteiger partial charge is 0.357 e. The number of guanidine groups is 1. The highest BCUT2D eigenvalue weighted by molar-refractivity contribution is 14.0.